The van der Waals surface area contributed by atoms with Gasteiger partial charge in [0.25, 0.3) is 5.91 Å². The molecule has 0 radical (unpaired) electrons. The minimum absolute atomic E-state index is 0.121. The Morgan fingerprint density at radius 2 is 1.90 bits per heavy atom. The van der Waals surface area contributed by atoms with E-state index in [-0.39, 0.29) is 17.9 Å². The molecule has 2 amide bonds. The lowest BCUT2D eigenvalue weighted by Crippen LogP contribution is -2.46. The van der Waals surface area contributed by atoms with Crippen molar-refractivity contribution >= 4 is 22.7 Å². The van der Waals surface area contributed by atoms with Crippen molar-refractivity contribution in [2.45, 2.75) is 32.7 Å². The van der Waals surface area contributed by atoms with E-state index >= 15 is 0 Å². The Labute approximate surface area is 182 Å². The van der Waals surface area contributed by atoms with Gasteiger partial charge in [-0.3, -0.25) is 14.6 Å². The van der Waals surface area contributed by atoms with Crippen molar-refractivity contribution in [3.05, 3.63) is 65.1 Å². The highest BCUT2D eigenvalue weighted by molar-refractivity contribution is 5.98. The number of carbonyl (C=O) groups is 2. The lowest BCUT2D eigenvalue weighted by atomic mass is 10.0. The van der Waals surface area contributed by atoms with E-state index in [0.29, 0.717) is 18.5 Å². The maximum absolute atomic E-state index is 13.1. The predicted molar refractivity (Wildman–Crippen MR) is 121 cm³/mol. The molecular weight excluding hydrogens is 390 g/mol. The number of aromatic amines is 1. The molecule has 1 aromatic carbocycles. The van der Waals surface area contributed by atoms with E-state index in [1.54, 1.807) is 6.20 Å². The van der Waals surface area contributed by atoms with Crippen LogP contribution < -0.4 is 10.6 Å². The number of nitrogens with zero attached hydrogens (tertiary/aromatic N) is 2. The Kier molecular flexibility index (Phi) is 6.32. The van der Waals surface area contributed by atoms with Crippen LogP contribution >= 0.6 is 0 Å². The maximum Gasteiger partial charge on any atom is 0.268 e. The average molecular weight is 420 g/mol. The monoisotopic (exact) mass is 419 g/mol. The highest BCUT2D eigenvalue weighted by atomic mass is 16.2. The van der Waals surface area contributed by atoms with Crippen LogP contribution in [0.3, 0.4) is 0 Å². The minimum Gasteiger partial charge on any atom is -0.350 e. The summed E-state index contributed by atoms with van der Waals surface area (Å²) in [5.41, 5.74) is 4.37. The number of H-pyrrole nitrogens is 1. The van der Waals surface area contributed by atoms with Gasteiger partial charge in [0.2, 0.25) is 5.91 Å². The average Bonchev–Trinajstić information content (AvgIpc) is 3.23. The smallest absolute Gasteiger partial charge is 0.268 e. The Hall–Kier alpha value is -3.19. The first-order valence-electron chi connectivity index (χ1n) is 10.8. The van der Waals surface area contributed by atoms with Crippen LogP contribution in [0.1, 0.15) is 46.2 Å². The standard InChI is InChI=1S/C24H29N5O2/c1-16-5-3-7-18-15-20(27-22(16)18)24(31)28-19(23-17(2)6-4-10-26-23)8-9-21(30)29-13-11-25-12-14-29/h3-7,10,15,19,25,27H,8-9,11-14H2,1-2H3,(H,28,31). The zero-order chi connectivity index (χ0) is 21.8. The van der Waals surface area contributed by atoms with Gasteiger partial charge < -0.3 is 20.5 Å². The number of hydrogen-bond acceptors (Lipinski definition) is 4. The SMILES string of the molecule is Cc1cccnc1C(CCC(=O)N1CCNCC1)NC(=O)c1cc2cccc(C)c2[nH]1. The highest BCUT2D eigenvalue weighted by Gasteiger charge is 2.23. The fourth-order valence-corrected chi connectivity index (χ4v) is 4.15. The summed E-state index contributed by atoms with van der Waals surface area (Å²) >= 11 is 0. The molecule has 1 unspecified atom stereocenters. The molecule has 1 atom stereocenters. The van der Waals surface area contributed by atoms with Crippen molar-refractivity contribution in [1.29, 1.82) is 0 Å². The van der Waals surface area contributed by atoms with Crippen LogP contribution in [0, 0.1) is 13.8 Å². The van der Waals surface area contributed by atoms with Crippen LogP contribution in [0.25, 0.3) is 10.9 Å². The van der Waals surface area contributed by atoms with Crippen molar-refractivity contribution in [3.63, 3.8) is 0 Å². The molecule has 3 heterocycles. The summed E-state index contributed by atoms with van der Waals surface area (Å²) in [6.45, 7) is 7.10. The lowest BCUT2D eigenvalue weighted by molar-refractivity contribution is -0.132. The Balaban J connectivity index is 1.52. The molecule has 2 aromatic heterocycles. The molecular formula is C24H29N5O2. The molecule has 31 heavy (non-hydrogen) atoms. The second kappa shape index (κ2) is 9.31. The first-order valence-corrected chi connectivity index (χ1v) is 10.8. The molecule has 1 aliphatic rings. The number of para-hydroxylation sites is 1. The number of aromatic nitrogens is 2. The van der Waals surface area contributed by atoms with Crippen molar-refractivity contribution in [2.75, 3.05) is 26.2 Å². The molecule has 3 N–H and O–H groups in total. The summed E-state index contributed by atoms with van der Waals surface area (Å²) in [5, 5.41) is 7.38. The van der Waals surface area contributed by atoms with E-state index in [0.717, 1.165) is 53.9 Å². The largest absolute Gasteiger partial charge is 0.350 e. The van der Waals surface area contributed by atoms with Gasteiger partial charge in [-0.05, 0) is 43.5 Å². The molecule has 3 aromatic rings. The van der Waals surface area contributed by atoms with E-state index in [1.807, 2.05) is 55.1 Å². The Morgan fingerprint density at radius 3 is 2.65 bits per heavy atom. The molecule has 0 saturated carbocycles. The van der Waals surface area contributed by atoms with E-state index < -0.39 is 0 Å². The summed E-state index contributed by atoms with van der Waals surface area (Å²) in [6, 6.07) is 11.4. The number of nitrogens with one attached hydrogen (secondary N) is 3. The summed E-state index contributed by atoms with van der Waals surface area (Å²) < 4.78 is 0. The van der Waals surface area contributed by atoms with Gasteiger partial charge in [-0.15, -0.1) is 0 Å². The topological polar surface area (TPSA) is 90.1 Å². The maximum atomic E-state index is 13.1. The number of hydrogen-bond donors (Lipinski definition) is 3. The molecule has 1 aliphatic heterocycles. The van der Waals surface area contributed by atoms with Crippen molar-refractivity contribution < 1.29 is 9.59 Å². The first-order chi connectivity index (χ1) is 15.0. The Morgan fingerprint density at radius 1 is 1.13 bits per heavy atom. The molecule has 1 fully saturated rings. The predicted octanol–water partition coefficient (Wildman–Crippen LogP) is 2.86. The van der Waals surface area contributed by atoms with Crippen LogP contribution in [0.15, 0.2) is 42.6 Å². The Bertz CT molecular complexity index is 1080. The molecule has 7 nitrogen and oxygen atoms in total. The van der Waals surface area contributed by atoms with Gasteiger partial charge in [-0.1, -0.05) is 24.3 Å². The number of carbonyl (C=O) groups excluding carboxylic acids is 2. The highest BCUT2D eigenvalue weighted by Crippen LogP contribution is 2.23. The van der Waals surface area contributed by atoms with Crippen LogP contribution in [0.5, 0.6) is 0 Å². The van der Waals surface area contributed by atoms with Crippen molar-refractivity contribution in [2.24, 2.45) is 0 Å². The zero-order valence-corrected chi connectivity index (χ0v) is 18.1. The van der Waals surface area contributed by atoms with E-state index in [2.05, 4.69) is 20.6 Å². The quantitative estimate of drug-likeness (QED) is 0.573. The molecule has 4 rings (SSSR count). The van der Waals surface area contributed by atoms with Gasteiger partial charge in [-0.2, -0.15) is 0 Å². The molecule has 0 aliphatic carbocycles. The molecule has 1 saturated heterocycles. The number of aryl methyl sites for hydroxylation is 2. The van der Waals surface area contributed by atoms with Gasteiger partial charge in [0, 0.05) is 49.7 Å². The number of piperazine rings is 1. The van der Waals surface area contributed by atoms with E-state index in [9.17, 15) is 9.59 Å². The minimum atomic E-state index is -0.340. The number of pyridine rings is 1. The van der Waals surface area contributed by atoms with Crippen LogP contribution in [-0.2, 0) is 4.79 Å². The van der Waals surface area contributed by atoms with E-state index in [1.165, 1.54) is 0 Å². The summed E-state index contributed by atoms with van der Waals surface area (Å²) in [6.07, 6.45) is 2.60. The fourth-order valence-electron chi connectivity index (χ4n) is 4.15. The zero-order valence-electron chi connectivity index (χ0n) is 18.1. The van der Waals surface area contributed by atoms with Crippen LogP contribution in [0.2, 0.25) is 0 Å². The van der Waals surface area contributed by atoms with Gasteiger partial charge >= 0.3 is 0 Å². The van der Waals surface area contributed by atoms with Gasteiger partial charge in [0.05, 0.1) is 11.7 Å². The first kappa shape index (κ1) is 21.1. The second-order valence-corrected chi connectivity index (χ2v) is 8.12. The van der Waals surface area contributed by atoms with Crippen molar-refractivity contribution in [1.82, 2.24) is 25.5 Å². The molecule has 0 spiro atoms. The fraction of sp³-hybridized carbons (Fsp3) is 0.375. The van der Waals surface area contributed by atoms with Gasteiger partial charge in [-0.25, -0.2) is 0 Å². The summed E-state index contributed by atoms with van der Waals surface area (Å²) in [4.78, 5) is 35.4. The second-order valence-electron chi connectivity index (χ2n) is 8.12. The summed E-state index contributed by atoms with van der Waals surface area (Å²) in [5.74, 6) is -0.0733. The third kappa shape index (κ3) is 4.77. The number of benzene rings is 1. The molecule has 7 heteroatoms. The summed E-state index contributed by atoms with van der Waals surface area (Å²) in [7, 11) is 0. The lowest BCUT2D eigenvalue weighted by Gasteiger charge is -2.28. The third-order valence-corrected chi connectivity index (χ3v) is 5.91. The van der Waals surface area contributed by atoms with Gasteiger partial charge in [0.15, 0.2) is 0 Å². The van der Waals surface area contributed by atoms with Crippen LogP contribution in [-0.4, -0.2) is 52.9 Å². The number of amides is 2. The third-order valence-electron chi connectivity index (χ3n) is 5.91. The van der Waals surface area contributed by atoms with Crippen LogP contribution in [0.4, 0.5) is 0 Å². The van der Waals surface area contributed by atoms with Gasteiger partial charge in [0.1, 0.15) is 5.69 Å². The number of fused-ring (bicyclic) bond motifs is 1. The van der Waals surface area contributed by atoms with Crippen molar-refractivity contribution in [3.8, 4) is 0 Å². The normalized spacial score (nSPS) is 15.1. The molecule has 162 valence electrons. The number of rotatable bonds is 6. The molecule has 0 bridgehead atoms. The van der Waals surface area contributed by atoms with E-state index in [4.69, 9.17) is 0 Å².